The highest BCUT2D eigenvalue weighted by Crippen LogP contribution is 2.54. The molecule has 1 saturated heterocycles. The summed E-state index contributed by atoms with van der Waals surface area (Å²) < 4.78 is 22.6. The van der Waals surface area contributed by atoms with E-state index in [0.29, 0.717) is 37.0 Å². The van der Waals surface area contributed by atoms with Gasteiger partial charge in [0.25, 0.3) is 0 Å². The van der Waals surface area contributed by atoms with Crippen LogP contribution in [0.3, 0.4) is 0 Å². The molecule has 1 heterocycles. The zero-order valence-corrected chi connectivity index (χ0v) is 14.3. The van der Waals surface area contributed by atoms with Crippen molar-refractivity contribution in [1.82, 2.24) is 0 Å². The summed E-state index contributed by atoms with van der Waals surface area (Å²) in [7, 11) is 1.61. The predicted molar refractivity (Wildman–Crippen MR) is 84.7 cm³/mol. The van der Waals surface area contributed by atoms with Crippen LogP contribution in [0.1, 0.15) is 37.3 Å². The molecular formula is C17H21ClO5. The van der Waals surface area contributed by atoms with Crippen LogP contribution in [0.5, 0.6) is 5.75 Å². The van der Waals surface area contributed by atoms with E-state index in [-0.39, 0.29) is 17.8 Å². The molecule has 0 amide bonds. The molecule has 3 rings (SSSR count). The van der Waals surface area contributed by atoms with Gasteiger partial charge < -0.3 is 18.9 Å². The number of hydrogen-bond acceptors (Lipinski definition) is 5. The Balaban J connectivity index is 2.16. The predicted octanol–water partition coefficient (Wildman–Crippen LogP) is 3.23. The van der Waals surface area contributed by atoms with Gasteiger partial charge in [-0.15, -0.1) is 0 Å². The van der Waals surface area contributed by atoms with Crippen molar-refractivity contribution < 1.29 is 23.7 Å². The van der Waals surface area contributed by atoms with Crippen molar-refractivity contribution in [2.75, 3.05) is 26.9 Å². The number of carbonyl (C=O) groups is 1. The molecule has 1 aliphatic heterocycles. The topological polar surface area (TPSA) is 54.0 Å². The molecule has 23 heavy (non-hydrogen) atoms. The smallest absolute Gasteiger partial charge is 0.309 e. The van der Waals surface area contributed by atoms with Crippen LogP contribution < -0.4 is 4.74 Å². The Hall–Kier alpha value is -1.30. The Labute approximate surface area is 140 Å². The maximum Gasteiger partial charge on any atom is 0.309 e. The third-order valence-electron chi connectivity index (χ3n) is 4.65. The standard InChI is InChI=1S/C17H21ClO5/c1-4-21-16(19)11-9-17(22-7-8-23-17)15-13(20-3)6-5-12(18)14(15)10(11)2/h5-6,10-11H,4,7-9H2,1-3H3. The number of hydrogen-bond donors (Lipinski definition) is 0. The largest absolute Gasteiger partial charge is 0.496 e. The summed E-state index contributed by atoms with van der Waals surface area (Å²) in [5.41, 5.74) is 1.65. The number of carbonyl (C=O) groups excluding carboxylic acids is 1. The minimum Gasteiger partial charge on any atom is -0.496 e. The third-order valence-corrected chi connectivity index (χ3v) is 4.98. The number of rotatable bonds is 3. The lowest BCUT2D eigenvalue weighted by atomic mass is 9.72. The maximum absolute atomic E-state index is 12.4. The van der Waals surface area contributed by atoms with Crippen LogP contribution in [-0.4, -0.2) is 32.9 Å². The third kappa shape index (κ3) is 2.61. The van der Waals surface area contributed by atoms with Crippen molar-refractivity contribution in [2.45, 2.75) is 32.0 Å². The second-order valence-electron chi connectivity index (χ2n) is 5.84. The van der Waals surface area contributed by atoms with Crippen LogP contribution >= 0.6 is 11.6 Å². The molecule has 1 aromatic rings. The summed E-state index contributed by atoms with van der Waals surface area (Å²) in [6.45, 7) is 5.06. The first-order chi connectivity index (χ1) is 11.0. The fourth-order valence-electron chi connectivity index (χ4n) is 3.61. The molecule has 0 N–H and O–H groups in total. The molecule has 2 aliphatic rings. The minimum absolute atomic E-state index is 0.106. The first kappa shape index (κ1) is 16.6. The number of ether oxygens (including phenoxy) is 4. The van der Waals surface area contributed by atoms with Gasteiger partial charge in [-0.2, -0.15) is 0 Å². The first-order valence-corrected chi connectivity index (χ1v) is 8.23. The Kier molecular flexibility index (Phi) is 4.54. The fraction of sp³-hybridized carbons (Fsp3) is 0.588. The SMILES string of the molecule is CCOC(=O)C1CC2(OCCO2)c2c(OC)ccc(Cl)c2C1C. The van der Waals surface area contributed by atoms with Gasteiger partial charge in [0.15, 0.2) is 5.79 Å². The van der Waals surface area contributed by atoms with Gasteiger partial charge in [0.2, 0.25) is 0 Å². The average molecular weight is 341 g/mol. The van der Waals surface area contributed by atoms with E-state index in [0.717, 1.165) is 11.1 Å². The number of esters is 1. The molecule has 2 atom stereocenters. The zero-order valence-electron chi connectivity index (χ0n) is 13.6. The lowest BCUT2D eigenvalue weighted by Crippen LogP contribution is -2.41. The quantitative estimate of drug-likeness (QED) is 0.791. The second kappa shape index (κ2) is 6.30. The summed E-state index contributed by atoms with van der Waals surface area (Å²) >= 11 is 6.46. The number of benzene rings is 1. The highest BCUT2D eigenvalue weighted by Gasteiger charge is 2.52. The second-order valence-corrected chi connectivity index (χ2v) is 6.25. The highest BCUT2D eigenvalue weighted by atomic mass is 35.5. The highest BCUT2D eigenvalue weighted by molar-refractivity contribution is 6.31. The van der Waals surface area contributed by atoms with Crippen LogP contribution in [0.4, 0.5) is 0 Å². The number of fused-ring (bicyclic) bond motifs is 2. The van der Waals surface area contributed by atoms with Gasteiger partial charge in [0, 0.05) is 11.4 Å². The van der Waals surface area contributed by atoms with Crippen molar-refractivity contribution in [3.05, 3.63) is 28.3 Å². The molecule has 126 valence electrons. The Morgan fingerprint density at radius 1 is 1.39 bits per heavy atom. The molecule has 0 bridgehead atoms. The van der Waals surface area contributed by atoms with E-state index in [9.17, 15) is 4.79 Å². The van der Waals surface area contributed by atoms with Gasteiger partial charge in [-0.1, -0.05) is 18.5 Å². The van der Waals surface area contributed by atoms with E-state index >= 15 is 0 Å². The van der Waals surface area contributed by atoms with Crippen LogP contribution in [0.2, 0.25) is 5.02 Å². The summed E-state index contributed by atoms with van der Waals surface area (Å²) in [4.78, 5) is 12.4. The lowest BCUT2D eigenvalue weighted by molar-refractivity contribution is -0.194. The molecule has 0 saturated carbocycles. The molecule has 5 nitrogen and oxygen atoms in total. The lowest BCUT2D eigenvalue weighted by Gasteiger charge is -2.41. The van der Waals surface area contributed by atoms with Crippen molar-refractivity contribution in [2.24, 2.45) is 5.92 Å². The molecule has 1 aromatic carbocycles. The van der Waals surface area contributed by atoms with E-state index in [1.807, 2.05) is 13.0 Å². The molecular weight excluding hydrogens is 320 g/mol. The van der Waals surface area contributed by atoms with Crippen molar-refractivity contribution in [1.29, 1.82) is 0 Å². The fourth-order valence-corrected chi connectivity index (χ4v) is 3.94. The Morgan fingerprint density at radius 3 is 2.70 bits per heavy atom. The molecule has 1 fully saturated rings. The molecule has 0 aromatic heterocycles. The van der Waals surface area contributed by atoms with Crippen LogP contribution in [0.15, 0.2) is 12.1 Å². The molecule has 1 aliphatic carbocycles. The van der Waals surface area contributed by atoms with Crippen molar-refractivity contribution >= 4 is 17.6 Å². The van der Waals surface area contributed by atoms with Gasteiger partial charge in [-0.3, -0.25) is 4.79 Å². The zero-order chi connectivity index (χ0) is 16.6. The van der Waals surface area contributed by atoms with E-state index in [4.69, 9.17) is 30.5 Å². The molecule has 2 unspecified atom stereocenters. The summed E-state index contributed by atoms with van der Waals surface area (Å²) in [6, 6.07) is 3.59. The molecule has 6 heteroatoms. The summed E-state index contributed by atoms with van der Waals surface area (Å²) in [5.74, 6) is -1.05. The summed E-state index contributed by atoms with van der Waals surface area (Å²) in [6.07, 6.45) is 0.400. The summed E-state index contributed by atoms with van der Waals surface area (Å²) in [5, 5.41) is 0.584. The van der Waals surface area contributed by atoms with Crippen LogP contribution in [0, 0.1) is 5.92 Å². The van der Waals surface area contributed by atoms with E-state index in [2.05, 4.69) is 0 Å². The Morgan fingerprint density at radius 2 is 2.09 bits per heavy atom. The minimum atomic E-state index is -0.991. The maximum atomic E-state index is 12.4. The number of halogens is 1. The number of methoxy groups -OCH3 is 1. The normalized spacial score (nSPS) is 25.2. The molecule has 1 spiro atoms. The van der Waals surface area contributed by atoms with Crippen molar-refractivity contribution in [3.8, 4) is 5.75 Å². The van der Waals surface area contributed by atoms with Crippen LogP contribution in [-0.2, 0) is 24.8 Å². The van der Waals surface area contributed by atoms with E-state index < -0.39 is 5.79 Å². The monoisotopic (exact) mass is 340 g/mol. The van der Waals surface area contributed by atoms with E-state index in [1.54, 1.807) is 20.1 Å². The average Bonchev–Trinajstić information content (AvgIpc) is 3.00. The van der Waals surface area contributed by atoms with Crippen molar-refractivity contribution in [3.63, 3.8) is 0 Å². The van der Waals surface area contributed by atoms with Gasteiger partial charge in [-0.05, 0) is 30.5 Å². The molecule has 0 radical (unpaired) electrons. The Bertz CT molecular complexity index is 609. The first-order valence-electron chi connectivity index (χ1n) is 7.85. The van der Waals surface area contributed by atoms with Gasteiger partial charge >= 0.3 is 5.97 Å². The van der Waals surface area contributed by atoms with Gasteiger partial charge in [0.05, 0.1) is 38.4 Å². The van der Waals surface area contributed by atoms with Crippen LogP contribution in [0.25, 0.3) is 0 Å². The van der Waals surface area contributed by atoms with E-state index in [1.165, 1.54) is 0 Å². The van der Waals surface area contributed by atoms with Gasteiger partial charge in [-0.25, -0.2) is 0 Å². The van der Waals surface area contributed by atoms with Gasteiger partial charge in [0.1, 0.15) is 5.75 Å².